The summed E-state index contributed by atoms with van der Waals surface area (Å²) in [6.07, 6.45) is 3.45. The number of carbonyl (C=O) groups is 1. The smallest absolute Gasteiger partial charge is 0.319 e. The van der Waals surface area contributed by atoms with E-state index in [2.05, 4.69) is 26.6 Å². The standard InChI is InChI=1S/C17H18BrN3O/c18-16-7-2-1-6-15(16)8-9-20-17(22)21-12-14-5-3-4-13(10-14)11-19/h1-10H,11-12,19H2,(H2,20,21,22)/b9-8+. The molecule has 0 aliphatic heterocycles. The monoisotopic (exact) mass is 359 g/mol. The molecule has 0 fully saturated rings. The summed E-state index contributed by atoms with van der Waals surface area (Å²) in [4.78, 5) is 11.7. The van der Waals surface area contributed by atoms with Gasteiger partial charge in [-0.05, 0) is 28.8 Å². The minimum Gasteiger partial charge on any atom is -0.334 e. The zero-order chi connectivity index (χ0) is 15.8. The van der Waals surface area contributed by atoms with Crippen LogP contribution in [0.25, 0.3) is 6.08 Å². The second-order valence-electron chi connectivity index (χ2n) is 4.71. The molecule has 0 spiro atoms. The number of carbonyl (C=O) groups excluding carboxylic acids is 1. The molecule has 2 aromatic carbocycles. The molecule has 4 N–H and O–H groups in total. The molecule has 2 amide bonds. The fourth-order valence-corrected chi connectivity index (χ4v) is 2.33. The van der Waals surface area contributed by atoms with Gasteiger partial charge in [0.25, 0.3) is 0 Å². The van der Waals surface area contributed by atoms with Gasteiger partial charge >= 0.3 is 6.03 Å². The van der Waals surface area contributed by atoms with Gasteiger partial charge in [0.15, 0.2) is 0 Å². The molecule has 0 unspecified atom stereocenters. The number of halogens is 1. The topological polar surface area (TPSA) is 67.1 Å². The van der Waals surface area contributed by atoms with Gasteiger partial charge in [0.05, 0.1) is 0 Å². The summed E-state index contributed by atoms with van der Waals surface area (Å²) < 4.78 is 0.979. The van der Waals surface area contributed by atoms with Crippen molar-refractivity contribution in [3.8, 4) is 0 Å². The largest absolute Gasteiger partial charge is 0.334 e. The third-order valence-electron chi connectivity index (χ3n) is 3.06. The van der Waals surface area contributed by atoms with Crippen LogP contribution in [0.3, 0.4) is 0 Å². The molecule has 0 saturated carbocycles. The first-order chi connectivity index (χ1) is 10.7. The first-order valence-corrected chi connectivity index (χ1v) is 7.71. The van der Waals surface area contributed by atoms with E-state index >= 15 is 0 Å². The summed E-state index contributed by atoms with van der Waals surface area (Å²) >= 11 is 3.45. The van der Waals surface area contributed by atoms with Gasteiger partial charge in [-0.1, -0.05) is 58.4 Å². The van der Waals surface area contributed by atoms with Crippen LogP contribution in [-0.4, -0.2) is 6.03 Å². The van der Waals surface area contributed by atoms with Gasteiger partial charge in [-0.2, -0.15) is 0 Å². The molecule has 0 aromatic heterocycles. The molecule has 2 aromatic rings. The molecule has 2 rings (SSSR count). The van der Waals surface area contributed by atoms with Crippen LogP contribution in [0, 0.1) is 0 Å². The molecule has 0 bridgehead atoms. The summed E-state index contributed by atoms with van der Waals surface area (Å²) in [7, 11) is 0. The second-order valence-corrected chi connectivity index (χ2v) is 5.56. The van der Waals surface area contributed by atoms with Crippen LogP contribution in [0.5, 0.6) is 0 Å². The molecule has 22 heavy (non-hydrogen) atoms. The van der Waals surface area contributed by atoms with E-state index in [-0.39, 0.29) is 6.03 Å². The predicted octanol–water partition coefficient (Wildman–Crippen LogP) is 3.38. The SMILES string of the molecule is NCc1cccc(CNC(=O)N/C=C/c2ccccc2Br)c1. The highest BCUT2D eigenvalue weighted by Crippen LogP contribution is 2.16. The van der Waals surface area contributed by atoms with Crippen molar-refractivity contribution >= 4 is 28.0 Å². The van der Waals surface area contributed by atoms with Crippen LogP contribution in [0.2, 0.25) is 0 Å². The summed E-state index contributed by atoms with van der Waals surface area (Å²) in [6, 6.07) is 15.4. The van der Waals surface area contributed by atoms with Crippen molar-refractivity contribution in [2.45, 2.75) is 13.1 Å². The van der Waals surface area contributed by atoms with Gasteiger partial charge in [0, 0.05) is 23.8 Å². The number of hydrogen-bond donors (Lipinski definition) is 3. The van der Waals surface area contributed by atoms with E-state index in [1.165, 1.54) is 0 Å². The summed E-state index contributed by atoms with van der Waals surface area (Å²) in [5.41, 5.74) is 8.66. The van der Waals surface area contributed by atoms with Crippen LogP contribution < -0.4 is 16.4 Å². The minimum absolute atomic E-state index is 0.249. The minimum atomic E-state index is -0.249. The summed E-state index contributed by atoms with van der Waals surface area (Å²) in [6.45, 7) is 0.956. The lowest BCUT2D eigenvalue weighted by molar-refractivity contribution is 0.244. The van der Waals surface area contributed by atoms with E-state index in [1.807, 2.05) is 54.6 Å². The Morgan fingerprint density at radius 2 is 1.91 bits per heavy atom. The quantitative estimate of drug-likeness (QED) is 0.765. The van der Waals surface area contributed by atoms with Crippen molar-refractivity contribution < 1.29 is 4.79 Å². The molecule has 0 saturated heterocycles. The summed E-state index contributed by atoms with van der Waals surface area (Å²) in [5.74, 6) is 0. The fraction of sp³-hybridized carbons (Fsp3) is 0.118. The Hall–Kier alpha value is -2.11. The Labute approximate surface area is 138 Å². The Morgan fingerprint density at radius 1 is 1.14 bits per heavy atom. The van der Waals surface area contributed by atoms with E-state index in [9.17, 15) is 4.79 Å². The van der Waals surface area contributed by atoms with Crippen LogP contribution >= 0.6 is 15.9 Å². The zero-order valence-corrected chi connectivity index (χ0v) is 13.6. The van der Waals surface area contributed by atoms with E-state index in [0.29, 0.717) is 13.1 Å². The number of hydrogen-bond acceptors (Lipinski definition) is 2. The van der Waals surface area contributed by atoms with Gasteiger partial charge in [0.2, 0.25) is 0 Å². The Kier molecular flexibility index (Phi) is 6.18. The van der Waals surface area contributed by atoms with E-state index in [4.69, 9.17) is 5.73 Å². The highest BCUT2D eigenvalue weighted by Gasteiger charge is 1.99. The highest BCUT2D eigenvalue weighted by atomic mass is 79.9. The number of benzene rings is 2. The summed E-state index contributed by atoms with van der Waals surface area (Å²) in [5, 5.41) is 5.48. The number of rotatable bonds is 5. The zero-order valence-electron chi connectivity index (χ0n) is 12.1. The van der Waals surface area contributed by atoms with Crippen LogP contribution in [0.1, 0.15) is 16.7 Å². The van der Waals surface area contributed by atoms with Crippen molar-refractivity contribution in [2.24, 2.45) is 5.73 Å². The molecule has 0 aliphatic carbocycles. The maximum Gasteiger partial charge on any atom is 0.319 e. The first kappa shape index (κ1) is 16.3. The van der Waals surface area contributed by atoms with Gasteiger partial charge in [0.1, 0.15) is 0 Å². The van der Waals surface area contributed by atoms with E-state index < -0.39 is 0 Å². The van der Waals surface area contributed by atoms with Crippen molar-refractivity contribution in [1.82, 2.24) is 10.6 Å². The molecule has 0 radical (unpaired) electrons. The molecule has 4 nitrogen and oxygen atoms in total. The maximum absolute atomic E-state index is 11.7. The van der Waals surface area contributed by atoms with Crippen molar-refractivity contribution in [2.75, 3.05) is 0 Å². The normalized spacial score (nSPS) is 10.6. The second kappa shape index (κ2) is 8.36. The third kappa shape index (κ3) is 5.02. The molecule has 114 valence electrons. The average Bonchev–Trinajstić information content (AvgIpc) is 2.55. The Balaban J connectivity index is 1.82. The van der Waals surface area contributed by atoms with Gasteiger partial charge < -0.3 is 16.4 Å². The van der Waals surface area contributed by atoms with Crippen LogP contribution in [0.4, 0.5) is 4.79 Å². The van der Waals surface area contributed by atoms with Gasteiger partial charge in [-0.3, -0.25) is 0 Å². The lowest BCUT2D eigenvalue weighted by Crippen LogP contribution is -2.31. The Bertz CT molecular complexity index is 670. The number of urea groups is 1. The average molecular weight is 360 g/mol. The third-order valence-corrected chi connectivity index (χ3v) is 3.78. The highest BCUT2D eigenvalue weighted by molar-refractivity contribution is 9.10. The number of nitrogens with two attached hydrogens (primary N) is 1. The number of nitrogens with one attached hydrogen (secondary N) is 2. The Morgan fingerprint density at radius 3 is 2.68 bits per heavy atom. The van der Waals surface area contributed by atoms with Crippen molar-refractivity contribution in [1.29, 1.82) is 0 Å². The molecular formula is C17H18BrN3O. The lowest BCUT2D eigenvalue weighted by Gasteiger charge is -2.06. The first-order valence-electron chi connectivity index (χ1n) is 6.92. The van der Waals surface area contributed by atoms with Crippen LogP contribution in [0.15, 0.2) is 59.2 Å². The molecule has 5 heteroatoms. The van der Waals surface area contributed by atoms with Crippen molar-refractivity contribution in [3.63, 3.8) is 0 Å². The van der Waals surface area contributed by atoms with Crippen LogP contribution in [-0.2, 0) is 13.1 Å². The van der Waals surface area contributed by atoms with Gasteiger partial charge in [-0.15, -0.1) is 0 Å². The fourth-order valence-electron chi connectivity index (χ4n) is 1.92. The van der Waals surface area contributed by atoms with E-state index in [0.717, 1.165) is 21.2 Å². The van der Waals surface area contributed by atoms with E-state index in [1.54, 1.807) is 6.20 Å². The number of amides is 2. The van der Waals surface area contributed by atoms with Gasteiger partial charge in [-0.25, -0.2) is 4.79 Å². The lowest BCUT2D eigenvalue weighted by atomic mass is 10.1. The maximum atomic E-state index is 11.7. The van der Waals surface area contributed by atoms with Crippen molar-refractivity contribution in [3.05, 3.63) is 75.9 Å². The predicted molar refractivity (Wildman–Crippen MR) is 92.9 cm³/mol. The molecule has 0 atom stereocenters. The molecular weight excluding hydrogens is 342 g/mol. The molecule has 0 heterocycles. The molecule has 0 aliphatic rings.